The zero-order chi connectivity index (χ0) is 14.5. The molecule has 0 spiro atoms. The lowest BCUT2D eigenvalue weighted by atomic mass is 10.2. The molecule has 0 atom stereocenters. The molecule has 0 saturated carbocycles. The minimum atomic E-state index is -0.164. The highest BCUT2D eigenvalue weighted by Gasteiger charge is 2.03. The number of carbonyl (C=O) groups excluding carboxylic acids is 1. The van der Waals surface area contributed by atoms with Crippen molar-refractivity contribution in [3.63, 3.8) is 0 Å². The summed E-state index contributed by atoms with van der Waals surface area (Å²) in [7, 11) is 0. The van der Waals surface area contributed by atoms with Crippen LogP contribution < -0.4 is 11.1 Å². The lowest BCUT2D eigenvalue weighted by molar-refractivity contribution is -0.111. The van der Waals surface area contributed by atoms with Gasteiger partial charge in [0.2, 0.25) is 5.91 Å². The summed E-state index contributed by atoms with van der Waals surface area (Å²) in [6.45, 7) is 1.95. The molecule has 102 valence electrons. The average Bonchev–Trinajstić information content (AvgIpc) is 2.43. The largest absolute Gasteiger partial charge is 0.399 e. The number of nitrogens with one attached hydrogen (secondary N) is 1. The van der Waals surface area contributed by atoms with E-state index < -0.39 is 0 Å². The second kappa shape index (κ2) is 6.39. The SMILES string of the molecule is Cc1c(Br)cccc1NC(=O)/C=C/c1ccc(N)cc1. The molecule has 2 aromatic rings. The van der Waals surface area contributed by atoms with E-state index in [1.807, 2.05) is 37.3 Å². The van der Waals surface area contributed by atoms with Gasteiger partial charge in [0.05, 0.1) is 0 Å². The van der Waals surface area contributed by atoms with Crippen molar-refractivity contribution in [2.45, 2.75) is 6.92 Å². The van der Waals surface area contributed by atoms with Gasteiger partial charge < -0.3 is 11.1 Å². The van der Waals surface area contributed by atoms with Gasteiger partial charge in [0, 0.05) is 21.9 Å². The third-order valence-electron chi connectivity index (χ3n) is 2.89. The van der Waals surface area contributed by atoms with Crippen LogP contribution in [-0.4, -0.2) is 5.91 Å². The van der Waals surface area contributed by atoms with Gasteiger partial charge in [0.15, 0.2) is 0 Å². The van der Waals surface area contributed by atoms with Crippen molar-refractivity contribution in [2.75, 3.05) is 11.1 Å². The van der Waals surface area contributed by atoms with Crippen LogP contribution in [0.3, 0.4) is 0 Å². The molecule has 3 N–H and O–H groups in total. The maximum absolute atomic E-state index is 11.9. The number of amides is 1. The third-order valence-corrected chi connectivity index (χ3v) is 3.75. The van der Waals surface area contributed by atoms with E-state index in [1.54, 1.807) is 18.2 Å². The van der Waals surface area contributed by atoms with Crippen LogP contribution in [0.15, 0.2) is 53.0 Å². The summed E-state index contributed by atoms with van der Waals surface area (Å²) in [5.74, 6) is -0.164. The minimum absolute atomic E-state index is 0.164. The molecule has 0 fully saturated rings. The topological polar surface area (TPSA) is 55.1 Å². The highest BCUT2D eigenvalue weighted by molar-refractivity contribution is 9.10. The van der Waals surface area contributed by atoms with Crippen LogP contribution in [0.4, 0.5) is 11.4 Å². The highest BCUT2D eigenvalue weighted by atomic mass is 79.9. The van der Waals surface area contributed by atoms with Gasteiger partial charge in [-0.25, -0.2) is 0 Å². The maximum atomic E-state index is 11.9. The van der Waals surface area contributed by atoms with E-state index in [2.05, 4.69) is 21.2 Å². The molecule has 0 aliphatic carbocycles. The molecule has 20 heavy (non-hydrogen) atoms. The Kier molecular flexibility index (Phi) is 4.58. The number of nitrogens with two attached hydrogens (primary N) is 1. The van der Waals surface area contributed by atoms with Crippen molar-refractivity contribution in [3.8, 4) is 0 Å². The third kappa shape index (κ3) is 3.71. The number of rotatable bonds is 3. The molecular weight excluding hydrogens is 316 g/mol. The number of nitrogen functional groups attached to an aromatic ring is 1. The van der Waals surface area contributed by atoms with Crippen molar-refractivity contribution in [1.82, 2.24) is 0 Å². The Bertz CT molecular complexity index is 648. The lowest BCUT2D eigenvalue weighted by Crippen LogP contribution is -2.08. The summed E-state index contributed by atoms with van der Waals surface area (Å²) in [5, 5.41) is 2.85. The molecule has 0 radical (unpaired) electrons. The first-order valence-corrected chi connectivity index (χ1v) is 6.95. The van der Waals surface area contributed by atoms with Crippen LogP contribution in [-0.2, 0) is 4.79 Å². The predicted octanol–water partition coefficient (Wildman–Crippen LogP) is 3.99. The first-order valence-electron chi connectivity index (χ1n) is 6.16. The highest BCUT2D eigenvalue weighted by Crippen LogP contribution is 2.23. The van der Waals surface area contributed by atoms with Gasteiger partial charge in [0.25, 0.3) is 0 Å². The fourth-order valence-corrected chi connectivity index (χ4v) is 2.06. The van der Waals surface area contributed by atoms with Gasteiger partial charge in [-0.15, -0.1) is 0 Å². The summed E-state index contributed by atoms with van der Waals surface area (Å²) in [4.78, 5) is 11.9. The number of anilines is 2. The van der Waals surface area contributed by atoms with Crippen LogP contribution in [0, 0.1) is 6.92 Å². The number of hydrogen-bond donors (Lipinski definition) is 2. The lowest BCUT2D eigenvalue weighted by Gasteiger charge is -2.07. The molecule has 4 heteroatoms. The standard InChI is InChI=1S/C16H15BrN2O/c1-11-14(17)3-2-4-15(11)19-16(20)10-7-12-5-8-13(18)9-6-12/h2-10H,18H2,1H3,(H,19,20)/b10-7+. The Morgan fingerprint density at radius 1 is 1.20 bits per heavy atom. The van der Waals surface area contributed by atoms with Gasteiger partial charge in [-0.1, -0.05) is 34.1 Å². The number of carbonyl (C=O) groups is 1. The molecule has 1 amide bonds. The van der Waals surface area contributed by atoms with Gasteiger partial charge in [-0.05, 0) is 48.4 Å². The van der Waals surface area contributed by atoms with E-state index in [4.69, 9.17) is 5.73 Å². The van der Waals surface area contributed by atoms with Gasteiger partial charge in [-0.3, -0.25) is 4.79 Å². The van der Waals surface area contributed by atoms with Gasteiger partial charge in [-0.2, -0.15) is 0 Å². The van der Waals surface area contributed by atoms with E-state index in [0.29, 0.717) is 5.69 Å². The van der Waals surface area contributed by atoms with Crippen molar-refractivity contribution in [3.05, 3.63) is 64.1 Å². The molecule has 0 aliphatic rings. The first kappa shape index (κ1) is 14.3. The van der Waals surface area contributed by atoms with E-state index in [0.717, 1.165) is 21.3 Å². The van der Waals surface area contributed by atoms with Gasteiger partial charge in [0.1, 0.15) is 0 Å². The van der Waals surface area contributed by atoms with Gasteiger partial charge >= 0.3 is 0 Å². The summed E-state index contributed by atoms with van der Waals surface area (Å²) in [6.07, 6.45) is 3.26. The van der Waals surface area contributed by atoms with Crippen molar-refractivity contribution in [2.24, 2.45) is 0 Å². The molecule has 0 aromatic heterocycles. The Labute approximate surface area is 126 Å². The Morgan fingerprint density at radius 3 is 2.60 bits per heavy atom. The molecule has 0 heterocycles. The van der Waals surface area contributed by atoms with Crippen molar-refractivity contribution >= 4 is 39.3 Å². The fourth-order valence-electron chi connectivity index (χ4n) is 1.70. The molecule has 3 nitrogen and oxygen atoms in total. The predicted molar refractivity (Wildman–Crippen MR) is 87.4 cm³/mol. The minimum Gasteiger partial charge on any atom is -0.399 e. The second-order valence-corrected chi connectivity index (χ2v) is 5.26. The van der Waals surface area contributed by atoms with Crippen LogP contribution in [0.1, 0.15) is 11.1 Å². The molecule has 0 aliphatic heterocycles. The molecule has 2 rings (SSSR count). The average molecular weight is 331 g/mol. The van der Waals surface area contributed by atoms with Crippen molar-refractivity contribution < 1.29 is 4.79 Å². The maximum Gasteiger partial charge on any atom is 0.248 e. The monoisotopic (exact) mass is 330 g/mol. The Hall–Kier alpha value is -2.07. The van der Waals surface area contributed by atoms with E-state index >= 15 is 0 Å². The van der Waals surface area contributed by atoms with E-state index in [-0.39, 0.29) is 5.91 Å². The van der Waals surface area contributed by atoms with E-state index in [1.165, 1.54) is 6.08 Å². The fraction of sp³-hybridized carbons (Fsp3) is 0.0625. The van der Waals surface area contributed by atoms with Crippen LogP contribution >= 0.6 is 15.9 Å². The van der Waals surface area contributed by atoms with Crippen LogP contribution in [0.25, 0.3) is 6.08 Å². The first-order chi connectivity index (χ1) is 9.56. The molecule has 0 saturated heterocycles. The van der Waals surface area contributed by atoms with Crippen LogP contribution in [0.5, 0.6) is 0 Å². The molecule has 0 bridgehead atoms. The van der Waals surface area contributed by atoms with Crippen molar-refractivity contribution in [1.29, 1.82) is 0 Å². The summed E-state index contributed by atoms with van der Waals surface area (Å²) in [6, 6.07) is 13.0. The Morgan fingerprint density at radius 2 is 1.90 bits per heavy atom. The zero-order valence-corrected chi connectivity index (χ0v) is 12.6. The molecule has 2 aromatic carbocycles. The molecular formula is C16H15BrN2O. The quantitative estimate of drug-likeness (QED) is 0.660. The number of benzene rings is 2. The number of hydrogen-bond acceptors (Lipinski definition) is 2. The molecule has 0 unspecified atom stereocenters. The van der Waals surface area contributed by atoms with E-state index in [9.17, 15) is 4.79 Å². The summed E-state index contributed by atoms with van der Waals surface area (Å²) >= 11 is 3.44. The second-order valence-electron chi connectivity index (χ2n) is 4.40. The smallest absolute Gasteiger partial charge is 0.248 e. The normalized spacial score (nSPS) is 10.7. The summed E-state index contributed by atoms with van der Waals surface area (Å²) < 4.78 is 0.970. The zero-order valence-electron chi connectivity index (χ0n) is 11.1. The Balaban J connectivity index is 2.05. The number of halogens is 1. The van der Waals surface area contributed by atoms with Crippen LogP contribution in [0.2, 0.25) is 0 Å². The summed E-state index contributed by atoms with van der Waals surface area (Å²) in [5.41, 5.74) is 9.04.